The smallest absolute Gasteiger partial charge is 0.341 e. The minimum atomic E-state index is -0.113. The molecule has 1 aromatic carbocycles. The van der Waals surface area contributed by atoms with Crippen molar-refractivity contribution >= 4 is 0 Å². The average Bonchev–Trinajstić information content (AvgIpc) is 3.21. The molecule has 4 heterocycles. The van der Waals surface area contributed by atoms with E-state index in [1.165, 1.54) is 12.8 Å². The van der Waals surface area contributed by atoms with Crippen LogP contribution in [-0.2, 0) is 9.47 Å². The minimum Gasteiger partial charge on any atom is -0.423 e. The molecule has 3 aliphatic rings. The standard InChI is InChI=1S/C20H23N7O3/c1-2-13(1)9-22-16-10-28-19-17(11-29-18(16)19)27-20(23-24-25-27)30-15-5-3-14(4-6-15)26-8-7-21-12-26/h3-8,12-13,16-19,22H,1-2,9-11H2/t16-,17+,18-,19+/m0/s1. The van der Waals surface area contributed by atoms with Crippen LogP contribution in [0.2, 0.25) is 0 Å². The lowest BCUT2D eigenvalue weighted by atomic mass is 10.1. The van der Waals surface area contributed by atoms with Crippen LogP contribution in [0.5, 0.6) is 11.8 Å². The molecule has 0 bridgehead atoms. The largest absolute Gasteiger partial charge is 0.423 e. The van der Waals surface area contributed by atoms with E-state index in [0.717, 1.165) is 18.2 Å². The summed E-state index contributed by atoms with van der Waals surface area (Å²) < 4.78 is 21.7. The van der Waals surface area contributed by atoms with Crippen molar-refractivity contribution in [3.05, 3.63) is 43.0 Å². The number of hydrogen-bond donors (Lipinski definition) is 1. The fourth-order valence-corrected chi connectivity index (χ4v) is 4.17. The Labute approximate surface area is 173 Å². The van der Waals surface area contributed by atoms with Gasteiger partial charge in [0.05, 0.1) is 25.6 Å². The van der Waals surface area contributed by atoms with Gasteiger partial charge in [-0.3, -0.25) is 0 Å². The molecule has 3 fully saturated rings. The van der Waals surface area contributed by atoms with E-state index in [1.807, 2.05) is 35.0 Å². The van der Waals surface area contributed by atoms with E-state index in [-0.39, 0.29) is 24.3 Å². The third-order valence-corrected chi connectivity index (χ3v) is 6.02. The van der Waals surface area contributed by atoms with Crippen molar-refractivity contribution in [2.24, 2.45) is 5.92 Å². The summed E-state index contributed by atoms with van der Waals surface area (Å²) in [5.74, 6) is 1.47. The van der Waals surface area contributed by atoms with Gasteiger partial charge in [0.25, 0.3) is 0 Å². The van der Waals surface area contributed by atoms with E-state index >= 15 is 0 Å². The van der Waals surface area contributed by atoms with E-state index in [1.54, 1.807) is 17.2 Å². The lowest BCUT2D eigenvalue weighted by Crippen LogP contribution is -2.41. The molecule has 2 saturated heterocycles. The summed E-state index contributed by atoms with van der Waals surface area (Å²) in [5.41, 5.74) is 0.996. The average molecular weight is 409 g/mol. The van der Waals surface area contributed by atoms with Crippen LogP contribution in [0, 0.1) is 5.92 Å². The number of nitrogens with zero attached hydrogens (tertiary/aromatic N) is 6. The molecule has 0 unspecified atom stereocenters. The summed E-state index contributed by atoms with van der Waals surface area (Å²) in [6.07, 6.45) is 7.96. The summed E-state index contributed by atoms with van der Waals surface area (Å²) >= 11 is 0. The first kappa shape index (κ1) is 18.0. The molecular weight excluding hydrogens is 386 g/mol. The lowest BCUT2D eigenvalue weighted by Gasteiger charge is -2.18. The molecule has 10 heteroatoms. The maximum absolute atomic E-state index is 6.07. The predicted molar refractivity (Wildman–Crippen MR) is 104 cm³/mol. The van der Waals surface area contributed by atoms with Crippen molar-refractivity contribution in [2.45, 2.75) is 37.1 Å². The summed E-state index contributed by atoms with van der Waals surface area (Å²) in [5, 5.41) is 15.7. The molecule has 6 rings (SSSR count). The molecule has 0 spiro atoms. The highest BCUT2D eigenvalue weighted by atomic mass is 16.6. The van der Waals surface area contributed by atoms with Gasteiger partial charge in [0.15, 0.2) is 0 Å². The fraction of sp³-hybridized carbons (Fsp3) is 0.500. The van der Waals surface area contributed by atoms with Crippen molar-refractivity contribution in [3.63, 3.8) is 0 Å². The second kappa shape index (κ2) is 7.46. The molecule has 1 aliphatic carbocycles. The Morgan fingerprint density at radius 1 is 1.10 bits per heavy atom. The Balaban J connectivity index is 1.15. The Kier molecular flexibility index (Phi) is 4.47. The van der Waals surface area contributed by atoms with Gasteiger partial charge in [0, 0.05) is 18.1 Å². The summed E-state index contributed by atoms with van der Waals surface area (Å²) in [6.45, 7) is 2.18. The SMILES string of the molecule is c1cn(-c2ccc(Oc3nnnn3[C@@H]3CO[C@@H]4[C@@H]3OC[C@@H]4NCC3CC3)cc2)cn1. The second-order valence-corrected chi connectivity index (χ2v) is 8.09. The zero-order chi connectivity index (χ0) is 19.9. The van der Waals surface area contributed by atoms with Crippen molar-refractivity contribution in [1.82, 2.24) is 35.1 Å². The van der Waals surface area contributed by atoms with Crippen molar-refractivity contribution in [1.29, 1.82) is 0 Å². The number of fused-ring (bicyclic) bond motifs is 1. The first-order valence-electron chi connectivity index (χ1n) is 10.4. The quantitative estimate of drug-likeness (QED) is 0.624. The Morgan fingerprint density at radius 2 is 1.97 bits per heavy atom. The van der Waals surface area contributed by atoms with Crippen LogP contribution in [0.3, 0.4) is 0 Å². The number of benzene rings is 1. The number of hydrogen-bond acceptors (Lipinski definition) is 8. The molecule has 1 N–H and O–H groups in total. The second-order valence-electron chi connectivity index (χ2n) is 8.09. The zero-order valence-electron chi connectivity index (χ0n) is 16.4. The molecule has 30 heavy (non-hydrogen) atoms. The van der Waals surface area contributed by atoms with Crippen molar-refractivity contribution in [2.75, 3.05) is 19.8 Å². The number of rotatable bonds is 7. The van der Waals surface area contributed by atoms with E-state index in [0.29, 0.717) is 25.0 Å². The van der Waals surface area contributed by atoms with Crippen LogP contribution < -0.4 is 10.1 Å². The van der Waals surface area contributed by atoms with Gasteiger partial charge in [-0.25, -0.2) is 4.98 Å². The van der Waals surface area contributed by atoms with Gasteiger partial charge >= 0.3 is 6.01 Å². The Hall–Kier alpha value is -2.82. The summed E-state index contributed by atoms with van der Waals surface area (Å²) in [7, 11) is 0. The Bertz CT molecular complexity index is 986. The van der Waals surface area contributed by atoms with Gasteiger partial charge in [0.2, 0.25) is 0 Å². The third kappa shape index (κ3) is 3.36. The topological polar surface area (TPSA) is 101 Å². The molecule has 4 atom stereocenters. The highest BCUT2D eigenvalue weighted by molar-refractivity contribution is 5.38. The third-order valence-electron chi connectivity index (χ3n) is 6.02. The van der Waals surface area contributed by atoms with Crippen LogP contribution in [0.4, 0.5) is 0 Å². The Morgan fingerprint density at radius 3 is 2.77 bits per heavy atom. The lowest BCUT2D eigenvalue weighted by molar-refractivity contribution is 0.0611. The number of imidazole rings is 1. The predicted octanol–water partition coefficient (Wildman–Crippen LogP) is 1.36. The normalized spacial score (nSPS) is 28.0. The molecule has 0 radical (unpaired) electrons. The molecule has 1 saturated carbocycles. The maximum Gasteiger partial charge on any atom is 0.341 e. The number of ether oxygens (including phenoxy) is 3. The van der Waals surface area contributed by atoms with Gasteiger partial charge in [-0.1, -0.05) is 5.10 Å². The van der Waals surface area contributed by atoms with Gasteiger partial charge in [0.1, 0.15) is 24.0 Å². The molecule has 0 amide bonds. The van der Waals surface area contributed by atoms with E-state index in [2.05, 4.69) is 25.8 Å². The van der Waals surface area contributed by atoms with Gasteiger partial charge in [-0.15, -0.1) is 0 Å². The highest BCUT2D eigenvalue weighted by Gasteiger charge is 2.49. The molecule has 156 valence electrons. The summed E-state index contributed by atoms with van der Waals surface area (Å²) in [4.78, 5) is 4.07. The van der Waals surface area contributed by atoms with Crippen molar-refractivity contribution < 1.29 is 14.2 Å². The van der Waals surface area contributed by atoms with Crippen LogP contribution in [0.25, 0.3) is 5.69 Å². The number of tetrazole rings is 1. The summed E-state index contributed by atoms with van der Waals surface area (Å²) in [6, 6.07) is 8.11. The van der Waals surface area contributed by atoms with Gasteiger partial charge in [-0.2, -0.15) is 4.68 Å². The van der Waals surface area contributed by atoms with Crippen LogP contribution in [0.1, 0.15) is 18.9 Å². The van der Waals surface area contributed by atoms with E-state index in [4.69, 9.17) is 14.2 Å². The van der Waals surface area contributed by atoms with Gasteiger partial charge < -0.3 is 24.1 Å². The first-order chi connectivity index (χ1) is 14.8. The van der Waals surface area contributed by atoms with Crippen LogP contribution >= 0.6 is 0 Å². The number of aromatic nitrogens is 6. The maximum atomic E-state index is 6.07. The highest BCUT2D eigenvalue weighted by Crippen LogP contribution is 2.36. The molecule has 2 aliphatic heterocycles. The first-order valence-corrected chi connectivity index (χ1v) is 10.4. The van der Waals surface area contributed by atoms with Crippen molar-refractivity contribution in [3.8, 4) is 17.4 Å². The molecular formula is C20H23N7O3. The van der Waals surface area contributed by atoms with E-state index < -0.39 is 0 Å². The minimum absolute atomic E-state index is 0.0141. The molecule has 3 aromatic rings. The molecule has 10 nitrogen and oxygen atoms in total. The zero-order valence-corrected chi connectivity index (χ0v) is 16.4. The van der Waals surface area contributed by atoms with E-state index in [9.17, 15) is 0 Å². The number of nitrogens with one attached hydrogen (secondary N) is 1. The fourth-order valence-electron chi connectivity index (χ4n) is 4.17. The van der Waals surface area contributed by atoms with Gasteiger partial charge in [-0.05, 0) is 60.0 Å². The monoisotopic (exact) mass is 409 g/mol. The van der Waals surface area contributed by atoms with Crippen LogP contribution in [0.15, 0.2) is 43.0 Å². The van der Waals surface area contributed by atoms with Crippen LogP contribution in [-0.4, -0.2) is 67.8 Å². The molecule has 2 aromatic heterocycles.